The Morgan fingerprint density at radius 1 is 1.19 bits per heavy atom. The van der Waals surface area contributed by atoms with E-state index >= 15 is 0 Å². The average Bonchev–Trinajstić information content (AvgIpc) is 2.37. The van der Waals surface area contributed by atoms with Crippen molar-refractivity contribution in [1.29, 1.82) is 0 Å². The van der Waals surface area contributed by atoms with Crippen molar-refractivity contribution in [3.05, 3.63) is 33.4 Å². The van der Waals surface area contributed by atoms with Crippen molar-refractivity contribution in [2.24, 2.45) is 0 Å². The summed E-state index contributed by atoms with van der Waals surface area (Å²) in [6.07, 6.45) is 0. The van der Waals surface area contributed by atoms with E-state index in [4.69, 9.17) is 4.52 Å². The standard InChI is InChI=1S/C13H20NO6P/c1-8(2)11-6-10(14(15)16)7-12(9(3)4)13(11)20-21(17,18)19-5/h6-9H,1-5H3,(H,17,18). The van der Waals surface area contributed by atoms with E-state index in [0.717, 1.165) is 7.11 Å². The number of hydrogen-bond donors (Lipinski definition) is 1. The lowest BCUT2D eigenvalue weighted by Crippen LogP contribution is -2.05. The van der Waals surface area contributed by atoms with Gasteiger partial charge in [-0.2, -0.15) is 0 Å². The predicted octanol–water partition coefficient (Wildman–Crippen LogP) is 3.97. The zero-order valence-corrected chi connectivity index (χ0v) is 13.6. The fraction of sp³-hybridized carbons (Fsp3) is 0.538. The molecule has 1 aromatic rings. The van der Waals surface area contributed by atoms with Gasteiger partial charge in [-0.15, -0.1) is 0 Å². The SMILES string of the molecule is COP(=O)(O)Oc1c(C(C)C)cc([N+](=O)[O-])cc1C(C)C. The highest BCUT2D eigenvalue weighted by Gasteiger charge is 2.28. The molecule has 0 saturated heterocycles. The van der Waals surface area contributed by atoms with Gasteiger partial charge in [0.1, 0.15) is 5.75 Å². The second-order valence-electron chi connectivity index (χ2n) is 5.26. The van der Waals surface area contributed by atoms with Gasteiger partial charge >= 0.3 is 7.82 Å². The first-order valence-corrected chi connectivity index (χ1v) is 7.99. The lowest BCUT2D eigenvalue weighted by Gasteiger charge is -2.21. The molecule has 0 radical (unpaired) electrons. The molecule has 1 unspecified atom stereocenters. The van der Waals surface area contributed by atoms with Crippen LogP contribution in [0.15, 0.2) is 12.1 Å². The highest BCUT2D eigenvalue weighted by Crippen LogP contribution is 2.48. The first kappa shape index (κ1) is 17.6. The van der Waals surface area contributed by atoms with E-state index in [9.17, 15) is 19.6 Å². The third-order valence-electron chi connectivity index (χ3n) is 3.02. The molecule has 1 rings (SSSR count). The maximum absolute atomic E-state index is 11.7. The Balaban J connectivity index is 3.57. The number of phosphoric acid groups is 1. The summed E-state index contributed by atoms with van der Waals surface area (Å²) < 4.78 is 21.3. The van der Waals surface area contributed by atoms with E-state index in [-0.39, 0.29) is 23.3 Å². The number of non-ortho nitro benzene ring substituents is 1. The second kappa shape index (κ2) is 6.56. The highest BCUT2D eigenvalue weighted by atomic mass is 31.2. The average molecular weight is 317 g/mol. The molecule has 0 spiro atoms. The number of nitrogens with zero attached hydrogens (tertiary/aromatic N) is 1. The van der Waals surface area contributed by atoms with E-state index in [2.05, 4.69) is 4.52 Å². The normalized spacial score (nSPS) is 14.3. The highest BCUT2D eigenvalue weighted by molar-refractivity contribution is 7.47. The number of rotatable bonds is 6. The fourth-order valence-electron chi connectivity index (χ4n) is 1.88. The summed E-state index contributed by atoms with van der Waals surface area (Å²) in [6, 6.07) is 2.73. The van der Waals surface area contributed by atoms with Crippen molar-refractivity contribution in [3.63, 3.8) is 0 Å². The summed E-state index contributed by atoms with van der Waals surface area (Å²) in [4.78, 5) is 20.1. The molecule has 21 heavy (non-hydrogen) atoms. The van der Waals surface area contributed by atoms with Gasteiger partial charge in [0.2, 0.25) is 0 Å². The number of nitro benzene ring substituents is 1. The van der Waals surface area contributed by atoms with E-state index < -0.39 is 12.7 Å². The second-order valence-corrected chi connectivity index (χ2v) is 6.75. The summed E-state index contributed by atoms with van der Waals surface area (Å²) in [6.45, 7) is 7.30. The molecule has 0 aliphatic heterocycles. The van der Waals surface area contributed by atoms with Crippen LogP contribution in [0.3, 0.4) is 0 Å². The van der Waals surface area contributed by atoms with Gasteiger partial charge in [0.05, 0.1) is 4.92 Å². The molecule has 0 heterocycles. The molecule has 1 N–H and O–H groups in total. The molecule has 1 atom stereocenters. The molecule has 118 valence electrons. The van der Waals surface area contributed by atoms with Crippen LogP contribution in [-0.2, 0) is 9.09 Å². The zero-order chi connectivity index (χ0) is 16.4. The minimum absolute atomic E-state index is 0.0695. The molecule has 0 aromatic heterocycles. The van der Waals surface area contributed by atoms with Crippen LogP contribution in [0.4, 0.5) is 5.69 Å². The third kappa shape index (κ3) is 4.27. The van der Waals surface area contributed by atoms with E-state index in [1.54, 1.807) is 0 Å². The van der Waals surface area contributed by atoms with Gasteiger partial charge in [0, 0.05) is 30.4 Å². The molecule has 0 bridgehead atoms. The fourth-order valence-corrected chi connectivity index (χ4v) is 2.40. The van der Waals surface area contributed by atoms with Gasteiger partial charge in [0.25, 0.3) is 5.69 Å². The number of phosphoric ester groups is 1. The van der Waals surface area contributed by atoms with Gasteiger partial charge in [-0.1, -0.05) is 27.7 Å². The van der Waals surface area contributed by atoms with Crippen LogP contribution in [-0.4, -0.2) is 16.9 Å². The van der Waals surface area contributed by atoms with Crippen molar-refractivity contribution in [3.8, 4) is 5.75 Å². The van der Waals surface area contributed by atoms with E-state index in [1.165, 1.54) is 12.1 Å². The van der Waals surface area contributed by atoms with Crippen LogP contribution < -0.4 is 4.52 Å². The van der Waals surface area contributed by atoms with Crippen LogP contribution in [0.25, 0.3) is 0 Å². The van der Waals surface area contributed by atoms with Crippen molar-refractivity contribution in [2.45, 2.75) is 39.5 Å². The molecule has 8 heteroatoms. The largest absolute Gasteiger partial charge is 0.527 e. The molecule has 0 saturated carbocycles. The summed E-state index contributed by atoms with van der Waals surface area (Å²) in [5, 5.41) is 11.0. The summed E-state index contributed by atoms with van der Waals surface area (Å²) in [5.74, 6) is -0.0539. The lowest BCUT2D eigenvalue weighted by atomic mass is 9.93. The van der Waals surface area contributed by atoms with Crippen LogP contribution in [0.1, 0.15) is 50.7 Å². The first-order valence-electron chi connectivity index (χ1n) is 6.49. The quantitative estimate of drug-likeness (QED) is 0.484. The predicted molar refractivity (Wildman–Crippen MR) is 78.7 cm³/mol. The minimum Gasteiger partial charge on any atom is -0.404 e. The third-order valence-corrected chi connectivity index (χ3v) is 3.90. The molecule has 1 aromatic carbocycles. The first-order chi connectivity index (χ1) is 9.59. The summed E-state index contributed by atoms with van der Waals surface area (Å²) in [5.41, 5.74) is 0.929. The van der Waals surface area contributed by atoms with Crippen molar-refractivity contribution < 1.29 is 23.4 Å². The number of benzene rings is 1. The minimum atomic E-state index is -4.24. The van der Waals surface area contributed by atoms with Crippen molar-refractivity contribution in [1.82, 2.24) is 0 Å². The molecule has 7 nitrogen and oxygen atoms in total. The van der Waals surface area contributed by atoms with Crippen LogP contribution >= 0.6 is 7.82 Å². The molecule has 0 aliphatic carbocycles. The van der Waals surface area contributed by atoms with Gasteiger partial charge < -0.3 is 4.52 Å². The van der Waals surface area contributed by atoms with Crippen LogP contribution in [0, 0.1) is 10.1 Å². The Kier molecular flexibility index (Phi) is 5.50. The Bertz CT molecular complexity index is 555. The summed E-state index contributed by atoms with van der Waals surface area (Å²) in [7, 11) is -3.17. The molecular weight excluding hydrogens is 297 g/mol. The zero-order valence-electron chi connectivity index (χ0n) is 12.7. The topological polar surface area (TPSA) is 98.9 Å². The summed E-state index contributed by atoms with van der Waals surface area (Å²) >= 11 is 0. The number of nitro groups is 1. The van der Waals surface area contributed by atoms with Crippen molar-refractivity contribution >= 4 is 13.5 Å². The molecule has 0 fully saturated rings. The van der Waals surface area contributed by atoms with Gasteiger partial charge in [0.15, 0.2) is 0 Å². The number of hydrogen-bond acceptors (Lipinski definition) is 5. The monoisotopic (exact) mass is 317 g/mol. The Morgan fingerprint density at radius 2 is 1.62 bits per heavy atom. The maximum atomic E-state index is 11.7. The Labute approximate surface area is 123 Å². The van der Waals surface area contributed by atoms with Gasteiger partial charge in [-0.05, 0) is 11.8 Å². The van der Waals surface area contributed by atoms with Crippen LogP contribution in [0.5, 0.6) is 5.75 Å². The molecular formula is C13H20NO6P. The van der Waals surface area contributed by atoms with Crippen molar-refractivity contribution in [2.75, 3.05) is 7.11 Å². The van der Waals surface area contributed by atoms with E-state index in [0.29, 0.717) is 11.1 Å². The van der Waals surface area contributed by atoms with Gasteiger partial charge in [-0.25, -0.2) is 4.57 Å². The van der Waals surface area contributed by atoms with E-state index in [1.807, 2.05) is 27.7 Å². The molecule has 0 aliphatic rings. The Morgan fingerprint density at radius 3 is 1.90 bits per heavy atom. The lowest BCUT2D eigenvalue weighted by molar-refractivity contribution is -0.385. The van der Waals surface area contributed by atoms with Crippen LogP contribution in [0.2, 0.25) is 0 Å². The smallest absolute Gasteiger partial charge is 0.404 e. The Hall–Kier alpha value is -1.43. The molecule has 0 amide bonds. The van der Waals surface area contributed by atoms with Gasteiger partial charge in [-0.3, -0.25) is 19.5 Å². The maximum Gasteiger partial charge on any atom is 0.527 e.